The number of piperidine rings is 1. The Morgan fingerprint density at radius 1 is 1.42 bits per heavy atom. The third-order valence-corrected chi connectivity index (χ3v) is 4.93. The summed E-state index contributed by atoms with van der Waals surface area (Å²) in [5, 5.41) is 13.8. The molecule has 0 spiro atoms. The molecule has 1 fully saturated rings. The molecule has 1 aliphatic heterocycles. The minimum absolute atomic E-state index is 0.134. The lowest BCUT2D eigenvalue weighted by Crippen LogP contribution is -2.40. The number of ether oxygens (including phenoxy) is 1. The van der Waals surface area contributed by atoms with E-state index in [4.69, 9.17) is 4.74 Å². The van der Waals surface area contributed by atoms with Crippen LogP contribution in [0.1, 0.15) is 43.4 Å². The monoisotopic (exact) mass is 356 g/mol. The third kappa shape index (κ3) is 3.33. The lowest BCUT2D eigenvalue weighted by molar-refractivity contribution is -0.136. The van der Waals surface area contributed by atoms with E-state index in [-0.39, 0.29) is 12.2 Å². The van der Waals surface area contributed by atoms with Gasteiger partial charge in [-0.1, -0.05) is 17.4 Å². The second-order valence-corrected chi connectivity index (χ2v) is 6.90. The summed E-state index contributed by atoms with van der Waals surface area (Å²) in [4.78, 5) is 25.0. The number of aliphatic hydroxyl groups is 1. The quantitative estimate of drug-likeness (QED) is 0.604. The van der Waals surface area contributed by atoms with Crippen LogP contribution in [-0.2, 0) is 23.0 Å². The summed E-state index contributed by atoms with van der Waals surface area (Å²) >= 11 is 0. The number of hydrogen-bond acceptors (Lipinski definition) is 5. The zero-order valence-corrected chi connectivity index (χ0v) is 15.4. The van der Waals surface area contributed by atoms with Crippen molar-refractivity contribution in [2.75, 3.05) is 19.7 Å². The molecule has 3 rings (SSSR count). The molecule has 2 aliphatic rings. The Kier molecular flexibility index (Phi) is 5.03. The van der Waals surface area contributed by atoms with Crippen LogP contribution in [0.4, 0.5) is 0 Å². The van der Waals surface area contributed by atoms with Gasteiger partial charge < -0.3 is 19.7 Å². The summed E-state index contributed by atoms with van der Waals surface area (Å²) in [5.74, 6) is 5.58. The first-order valence-electron chi connectivity index (χ1n) is 8.92. The standard InChI is InChI=1S/C20H24N2O4/c1-4-26-19(24)16-13(2)11-15-17(16)14(12-22(3)18(15)23)5-6-20(25)7-9-21-10-8-20/h12,21,25H,4,7-11H2,1-3H3. The van der Waals surface area contributed by atoms with E-state index in [0.29, 0.717) is 54.6 Å². The highest BCUT2D eigenvalue weighted by molar-refractivity contribution is 6.19. The Morgan fingerprint density at radius 2 is 2.12 bits per heavy atom. The van der Waals surface area contributed by atoms with Gasteiger partial charge in [-0.05, 0) is 39.8 Å². The summed E-state index contributed by atoms with van der Waals surface area (Å²) in [5.41, 5.74) is 1.77. The minimum Gasteiger partial charge on any atom is -0.462 e. The highest BCUT2D eigenvalue weighted by Crippen LogP contribution is 2.34. The first-order chi connectivity index (χ1) is 12.4. The van der Waals surface area contributed by atoms with Gasteiger partial charge in [0.15, 0.2) is 0 Å². The fourth-order valence-corrected chi connectivity index (χ4v) is 3.54. The number of aryl methyl sites for hydroxylation is 1. The van der Waals surface area contributed by atoms with Gasteiger partial charge in [-0.3, -0.25) is 4.79 Å². The molecular weight excluding hydrogens is 332 g/mol. The topological polar surface area (TPSA) is 80.6 Å². The number of rotatable bonds is 2. The van der Waals surface area contributed by atoms with Gasteiger partial charge in [0.2, 0.25) is 0 Å². The Hall–Kier alpha value is -2.36. The number of carbonyl (C=O) groups is 1. The van der Waals surface area contributed by atoms with E-state index in [2.05, 4.69) is 17.2 Å². The molecule has 1 aromatic heterocycles. The van der Waals surface area contributed by atoms with E-state index >= 15 is 0 Å². The van der Waals surface area contributed by atoms with Crippen LogP contribution in [0, 0.1) is 11.8 Å². The van der Waals surface area contributed by atoms with E-state index in [9.17, 15) is 14.7 Å². The average Bonchev–Trinajstić information content (AvgIpc) is 2.95. The molecule has 0 atom stereocenters. The van der Waals surface area contributed by atoms with Crippen molar-refractivity contribution in [2.24, 2.45) is 7.05 Å². The van der Waals surface area contributed by atoms with E-state index < -0.39 is 11.6 Å². The van der Waals surface area contributed by atoms with Gasteiger partial charge in [0, 0.05) is 36.4 Å². The zero-order valence-electron chi connectivity index (χ0n) is 15.4. The molecule has 0 radical (unpaired) electrons. The van der Waals surface area contributed by atoms with Crippen LogP contribution >= 0.6 is 0 Å². The summed E-state index contributed by atoms with van der Waals surface area (Å²) in [7, 11) is 1.67. The van der Waals surface area contributed by atoms with Crippen LogP contribution in [0.25, 0.3) is 5.57 Å². The van der Waals surface area contributed by atoms with Gasteiger partial charge in [0.25, 0.3) is 5.56 Å². The fraction of sp³-hybridized carbons (Fsp3) is 0.500. The fourth-order valence-electron chi connectivity index (χ4n) is 3.54. The number of nitrogens with one attached hydrogen (secondary N) is 1. The Labute approximate surface area is 152 Å². The number of fused-ring (bicyclic) bond motifs is 1. The van der Waals surface area contributed by atoms with Crippen molar-refractivity contribution >= 4 is 11.5 Å². The number of esters is 1. The zero-order chi connectivity index (χ0) is 18.9. The molecule has 1 saturated heterocycles. The first-order valence-corrected chi connectivity index (χ1v) is 8.92. The van der Waals surface area contributed by atoms with Gasteiger partial charge >= 0.3 is 5.97 Å². The second kappa shape index (κ2) is 7.10. The highest BCUT2D eigenvalue weighted by atomic mass is 16.5. The van der Waals surface area contributed by atoms with Gasteiger partial charge in [-0.2, -0.15) is 0 Å². The molecule has 2 N–H and O–H groups in total. The van der Waals surface area contributed by atoms with Crippen molar-refractivity contribution in [1.29, 1.82) is 0 Å². The van der Waals surface area contributed by atoms with E-state index in [1.807, 2.05) is 6.92 Å². The molecule has 0 bridgehead atoms. The largest absolute Gasteiger partial charge is 0.462 e. The molecule has 26 heavy (non-hydrogen) atoms. The van der Waals surface area contributed by atoms with Crippen LogP contribution in [0.5, 0.6) is 0 Å². The smallest absolute Gasteiger partial charge is 0.338 e. The Balaban J connectivity index is 2.11. The van der Waals surface area contributed by atoms with Crippen molar-refractivity contribution in [2.45, 2.75) is 38.7 Å². The molecule has 1 aliphatic carbocycles. The highest BCUT2D eigenvalue weighted by Gasteiger charge is 2.31. The maximum atomic E-state index is 12.5. The third-order valence-electron chi connectivity index (χ3n) is 4.93. The van der Waals surface area contributed by atoms with Gasteiger partial charge in [0.05, 0.1) is 12.2 Å². The number of aromatic nitrogens is 1. The molecule has 0 aromatic carbocycles. The first kappa shape index (κ1) is 18.4. The number of pyridine rings is 1. The number of hydrogen-bond donors (Lipinski definition) is 2. The minimum atomic E-state index is -1.05. The van der Waals surface area contributed by atoms with Crippen LogP contribution in [0.2, 0.25) is 0 Å². The Bertz CT molecular complexity index is 893. The molecule has 2 heterocycles. The van der Waals surface area contributed by atoms with Crippen LogP contribution in [0.15, 0.2) is 16.6 Å². The number of carbonyl (C=O) groups excluding carboxylic acids is 1. The lowest BCUT2D eigenvalue weighted by Gasteiger charge is -2.27. The van der Waals surface area contributed by atoms with Gasteiger partial charge in [-0.15, -0.1) is 0 Å². The molecular formula is C20H24N2O4. The normalized spacial score (nSPS) is 18.2. The number of nitrogens with zero attached hydrogens (tertiary/aromatic N) is 1. The maximum absolute atomic E-state index is 12.5. The number of allylic oxidation sites excluding steroid dienone is 1. The molecule has 0 saturated carbocycles. The van der Waals surface area contributed by atoms with Gasteiger partial charge in [-0.25, -0.2) is 4.79 Å². The van der Waals surface area contributed by atoms with E-state index in [1.165, 1.54) is 4.57 Å². The van der Waals surface area contributed by atoms with Crippen LogP contribution in [0.3, 0.4) is 0 Å². The SMILES string of the molecule is CCOC(=O)C1=C(C)Cc2c1c(C#CC1(O)CCNCC1)cn(C)c2=O. The lowest BCUT2D eigenvalue weighted by atomic mass is 9.92. The molecule has 6 nitrogen and oxygen atoms in total. The molecule has 138 valence electrons. The van der Waals surface area contributed by atoms with Crippen molar-refractivity contribution in [1.82, 2.24) is 9.88 Å². The van der Waals surface area contributed by atoms with Crippen LogP contribution in [-0.4, -0.2) is 40.9 Å². The van der Waals surface area contributed by atoms with Crippen molar-refractivity contribution < 1.29 is 14.6 Å². The molecule has 0 amide bonds. The van der Waals surface area contributed by atoms with E-state index in [0.717, 1.165) is 5.57 Å². The Morgan fingerprint density at radius 3 is 2.77 bits per heavy atom. The van der Waals surface area contributed by atoms with Crippen molar-refractivity contribution in [3.63, 3.8) is 0 Å². The average molecular weight is 356 g/mol. The molecule has 6 heteroatoms. The summed E-state index contributed by atoms with van der Waals surface area (Å²) in [6.45, 7) is 5.28. The second-order valence-electron chi connectivity index (χ2n) is 6.90. The summed E-state index contributed by atoms with van der Waals surface area (Å²) in [6, 6.07) is 0. The summed E-state index contributed by atoms with van der Waals surface area (Å²) in [6.07, 6.45) is 3.15. The maximum Gasteiger partial charge on any atom is 0.338 e. The molecule has 1 aromatic rings. The predicted molar refractivity (Wildman–Crippen MR) is 98.5 cm³/mol. The van der Waals surface area contributed by atoms with E-state index in [1.54, 1.807) is 20.2 Å². The van der Waals surface area contributed by atoms with Crippen LogP contribution < -0.4 is 10.9 Å². The predicted octanol–water partition coefficient (Wildman–Crippen LogP) is 0.744. The summed E-state index contributed by atoms with van der Waals surface area (Å²) < 4.78 is 6.66. The molecule has 0 unspecified atom stereocenters. The van der Waals surface area contributed by atoms with Crippen molar-refractivity contribution in [3.8, 4) is 11.8 Å². The van der Waals surface area contributed by atoms with Gasteiger partial charge in [0.1, 0.15) is 5.60 Å². The van der Waals surface area contributed by atoms with Crippen molar-refractivity contribution in [3.05, 3.63) is 38.8 Å².